The van der Waals surface area contributed by atoms with Crippen LogP contribution >= 0.6 is 0 Å². The molecule has 6 nitrogen and oxygen atoms in total. The quantitative estimate of drug-likeness (QED) is 0.907. The molecule has 0 aliphatic carbocycles. The van der Waals surface area contributed by atoms with E-state index in [9.17, 15) is 4.79 Å². The van der Waals surface area contributed by atoms with Crippen LogP contribution in [0.25, 0.3) is 0 Å². The molecule has 1 saturated heterocycles. The van der Waals surface area contributed by atoms with Crippen LogP contribution in [0.15, 0.2) is 42.9 Å². The number of carbonyl (C=O) groups is 1. The van der Waals surface area contributed by atoms with E-state index in [2.05, 4.69) is 26.3 Å². The molecule has 1 N–H and O–H groups in total. The summed E-state index contributed by atoms with van der Waals surface area (Å²) in [5.41, 5.74) is 2.14. The number of hydrogen-bond donors (Lipinski definition) is 1. The minimum Gasteiger partial charge on any atom is -0.376 e. The van der Waals surface area contributed by atoms with Gasteiger partial charge in [-0.3, -0.25) is 14.7 Å². The largest absolute Gasteiger partial charge is 0.376 e. The number of piperidine rings is 1. The van der Waals surface area contributed by atoms with E-state index in [1.165, 1.54) is 0 Å². The van der Waals surface area contributed by atoms with Gasteiger partial charge in [0.2, 0.25) is 5.91 Å². The van der Waals surface area contributed by atoms with E-state index in [1.54, 1.807) is 12.4 Å². The number of anilines is 2. The fourth-order valence-electron chi connectivity index (χ4n) is 3.14. The summed E-state index contributed by atoms with van der Waals surface area (Å²) in [6.45, 7) is 1.68. The van der Waals surface area contributed by atoms with Crippen LogP contribution in [0.1, 0.15) is 24.8 Å². The molecule has 2 aromatic rings. The van der Waals surface area contributed by atoms with Crippen molar-refractivity contribution in [3.05, 3.63) is 48.4 Å². The predicted molar refractivity (Wildman–Crippen MR) is 99.5 cm³/mol. The average molecular weight is 339 g/mol. The Labute approximate surface area is 148 Å². The van der Waals surface area contributed by atoms with Crippen LogP contribution in [-0.2, 0) is 11.3 Å². The second-order valence-corrected chi connectivity index (χ2v) is 6.63. The van der Waals surface area contributed by atoms with Gasteiger partial charge < -0.3 is 10.2 Å². The number of likely N-dealkylation sites (tertiary alicyclic amines) is 1. The second-order valence-electron chi connectivity index (χ2n) is 6.63. The maximum Gasteiger partial charge on any atom is 0.242 e. The average Bonchev–Trinajstić information content (AvgIpc) is 2.63. The van der Waals surface area contributed by atoms with Gasteiger partial charge >= 0.3 is 0 Å². The van der Waals surface area contributed by atoms with E-state index in [0.29, 0.717) is 5.82 Å². The third kappa shape index (κ3) is 4.54. The standard InChI is InChI=1S/C19H25N5O/c1-23(2)16-8-9-18(21-13-16)22-19(25)17-7-3-4-11-24(17)14-15-6-5-10-20-12-15/h5-6,8-10,12-13,17H,3-4,7,11,14H2,1-2H3,(H,21,22,25). The molecule has 0 bridgehead atoms. The van der Waals surface area contributed by atoms with Gasteiger partial charge in [-0.2, -0.15) is 0 Å². The Morgan fingerprint density at radius 1 is 1.28 bits per heavy atom. The van der Waals surface area contributed by atoms with Crippen molar-refractivity contribution in [3.8, 4) is 0 Å². The molecule has 3 heterocycles. The van der Waals surface area contributed by atoms with Crippen LogP contribution in [-0.4, -0.2) is 47.5 Å². The van der Waals surface area contributed by atoms with Crippen LogP contribution in [0.3, 0.4) is 0 Å². The van der Waals surface area contributed by atoms with Gasteiger partial charge in [0.05, 0.1) is 17.9 Å². The summed E-state index contributed by atoms with van der Waals surface area (Å²) in [4.78, 5) is 25.5. The van der Waals surface area contributed by atoms with Crippen molar-refractivity contribution in [2.75, 3.05) is 30.9 Å². The smallest absolute Gasteiger partial charge is 0.242 e. The SMILES string of the molecule is CN(C)c1ccc(NC(=O)C2CCCCN2Cc2cccnc2)nc1. The molecule has 6 heteroatoms. The number of hydrogen-bond acceptors (Lipinski definition) is 5. The van der Waals surface area contributed by atoms with E-state index in [-0.39, 0.29) is 11.9 Å². The first-order chi connectivity index (χ1) is 12.1. The zero-order valence-corrected chi connectivity index (χ0v) is 14.9. The van der Waals surface area contributed by atoms with Gasteiger partial charge in [-0.15, -0.1) is 0 Å². The van der Waals surface area contributed by atoms with Gasteiger partial charge in [-0.25, -0.2) is 4.98 Å². The minimum absolute atomic E-state index is 0.0219. The molecule has 1 fully saturated rings. The van der Waals surface area contributed by atoms with Gasteiger partial charge in [-0.05, 0) is 43.1 Å². The fourth-order valence-corrected chi connectivity index (χ4v) is 3.14. The van der Waals surface area contributed by atoms with Crippen molar-refractivity contribution < 1.29 is 4.79 Å². The van der Waals surface area contributed by atoms with E-state index >= 15 is 0 Å². The van der Waals surface area contributed by atoms with Gasteiger partial charge in [0.1, 0.15) is 5.82 Å². The van der Waals surface area contributed by atoms with Crippen molar-refractivity contribution in [3.63, 3.8) is 0 Å². The first-order valence-electron chi connectivity index (χ1n) is 8.70. The highest BCUT2D eigenvalue weighted by molar-refractivity contribution is 5.94. The second kappa shape index (κ2) is 8.07. The molecule has 132 valence electrons. The fraction of sp³-hybridized carbons (Fsp3) is 0.421. The molecule has 2 aromatic heterocycles. The highest BCUT2D eigenvalue weighted by Crippen LogP contribution is 2.21. The monoisotopic (exact) mass is 339 g/mol. The van der Waals surface area contributed by atoms with Crippen LogP contribution in [0.5, 0.6) is 0 Å². The van der Waals surface area contributed by atoms with Crippen LogP contribution in [0.2, 0.25) is 0 Å². The van der Waals surface area contributed by atoms with E-state index in [1.807, 2.05) is 43.4 Å². The third-order valence-electron chi connectivity index (χ3n) is 4.54. The number of aromatic nitrogens is 2. The van der Waals surface area contributed by atoms with Crippen molar-refractivity contribution in [1.29, 1.82) is 0 Å². The lowest BCUT2D eigenvalue weighted by Crippen LogP contribution is -2.46. The van der Waals surface area contributed by atoms with E-state index in [4.69, 9.17) is 0 Å². The first-order valence-corrected chi connectivity index (χ1v) is 8.70. The Bertz CT molecular complexity index is 687. The first kappa shape index (κ1) is 17.4. The molecular formula is C19H25N5O. The topological polar surface area (TPSA) is 61.4 Å². The highest BCUT2D eigenvalue weighted by Gasteiger charge is 2.28. The maximum atomic E-state index is 12.8. The summed E-state index contributed by atoms with van der Waals surface area (Å²) < 4.78 is 0. The summed E-state index contributed by atoms with van der Waals surface area (Å²) in [6, 6.07) is 7.67. The molecule has 1 aliphatic rings. The molecular weight excluding hydrogens is 314 g/mol. The third-order valence-corrected chi connectivity index (χ3v) is 4.54. The maximum absolute atomic E-state index is 12.8. The summed E-state index contributed by atoms with van der Waals surface area (Å²) in [7, 11) is 3.93. The van der Waals surface area contributed by atoms with Crippen LogP contribution in [0, 0.1) is 0 Å². The Hall–Kier alpha value is -2.47. The number of carbonyl (C=O) groups excluding carboxylic acids is 1. The van der Waals surface area contributed by atoms with Gasteiger partial charge in [0.25, 0.3) is 0 Å². The van der Waals surface area contributed by atoms with Crippen molar-refractivity contribution in [2.24, 2.45) is 0 Å². The number of nitrogens with one attached hydrogen (secondary N) is 1. The van der Waals surface area contributed by atoms with Crippen molar-refractivity contribution in [2.45, 2.75) is 31.8 Å². The van der Waals surface area contributed by atoms with Gasteiger partial charge in [0.15, 0.2) is 0 Å². The van der Waals surface area contributed by atoms with Crippen molar-refractivity contribution in [1.82, 2.24) is 14.9 Å². The molecule has 1 atom stereocenters. The predicted octanol–water partition coefficient (Wildman–Crippen LogP) is 2.54. The molecule has 0 radical (unpaired) electrons. The zero-order valence-electron chi connectivity index (χ0n) is 14.9. The van der Waals surface area contributed by atoms with E-state index < -0.39 is 0 Å². The zero-order chi connectivity index (χ0) is 17.6. The summed E-state index contributed by atoms with van der Waals surface area (Å²) in [5, 5.41) is 2.97. The molecule has 3 rings (SSSR count). The Balaban J connectivity index is 1.66. The van der Waals surface area contributed by atoms with Gasteiger partial charge in [-0.1, -0.05) is 12.5 Å². The molecule has 1 unspecified atom stereocenters. The van der Waals surface area contributed by atoms with Crippen LogP contribution in [0.4, 0.5) is 11.5 Å². The van der Waals surface area contributed by atoms with Gasteiger partial charge in [0, 0.05) is 33.0 Å². The molecule has 1 amide bonds. The lowest BCUT2D eigenvalue weighted by Gasteiger charge is -2.34. The molecule has 0 saturated carbocycles. The summed E-state index contributed by atoms with van der Waals surface area (Å²) in [5.74, 6) is 0.621. The lowest BCUT2D eigenvalue weighted by atomic mass is 10.0. The normalized spacial score (nSPS) is 17.9. The lowest BCUT2D eigenvalue weighted by molar-refractivity contribution is -0.122. The van der Waals surface area contributed by atoms with Crippen molar-refractivity contribution >= 4 is 17.4 Å². The number of rotatable bonds is 5. The molecule has 1 aliphatic heterocycles. The molecule has 0 spiro atoms. The van der Waals surface area contributed by atoms with E-state index in [0.717, 1.165) is 43.6 Å². The molecule has 25 heavy (non-hydrogen) atoms. The Morgan fingerprint density at radius 2 is 2.16 bits per heavy atom. The number of nitrogens with zero attached hydrogens (tertiary/aromatic N) is 4. The molecule has 0 aromatic carbocycles. The highest BCUT2D eigenvalue weighted by atomic mass is 16.2. The number of pyridine rings is 2. The Morgan fingerprint density at radius 3 is 2.84 bits per heavy atom. The van der Waals surface area contributed by atoms with Crippen LogP contribution < -0.4 is 10.2 Å². The Kier molecular flexibility index (Phi) is 5.60. The summed E-state index contributed by atoms with van der Waals surface area (Å²) >= 11 is 0. The summed E-state index contributed by atoms with van der Waals surface area (Å²) in [6.07, 6.45) is 8.48. The minimum atomic E-state index is -0.121. The number of amides is 1.